The van der Waals surface area contributed by atoms with Crippen LogP contribution in [0, 0.1) is 13.8 Å². The van der Waals surface area contributed by atoms with Crippen molar-refractivity contribution in [1.82, 2.24) is 10.2 Å². The van der Waals surface area contributed by atoms with Gasteiger partial charge in [-0.3, -0.25) is 9.59 Å². The molecule has 1 N–H and O–H groups in total. The number of aryl methyl sites for hydroxylation is 2. The fourth-order valence-corrected chi connectivity index (χ4v) is 4.16. The van der Waals surface area contributed by atoms with Crippen LogP contribution in [0.4, 0.5) is 0 Å². The van der Waals surface area contributed by atoms with Crippen LogP contribution >= 0.6 is 0 Å². The summed E-state index contributed by atoms with van der Waals surface area (Å²) in [4.78, 5) is 29.1. The SMILES string of the molecule is COc1cccc(CN(C(=O)Cc2cc(C)ccc2C)[C@H](Cc2ccccc2)C(=O)NC(C)C)c1. The summed E-state index contributed by atoms with van der Waals surface area (Å²) >= 11 is 0. The van der Waals surface area contributed by atoms with Gasteiger partial charge >= 0.3 is 0 Å². The highest BCUT2D eigenvalue weighted by atomic mass is 16.5. The molecule has 1 atom stereocenters. The minimum Gasteiger partial charge on any atom is -0.497 e. The van der Waals surface area contributed by atoms with Crippen LogP contribution < -0.4 is 10.1 Å². The number of ether oxygens (including phenoxy) is 1. The molecule has 2 amide bonds. The lowest BCUT2D eigenvalue weighted by molar-refractivity contribution is -0.141. The summed E-state index contributed by atoms with van der Waals surface area (Å²) in [5.41, 5.74) is 5.07. The molecule has 184 valence electrons. The van der Waals surface area contributed by atoms with E-state index in [1.54, 1.807) is 12.0 Å². The van der Waals surface area contributed by atoms with Gasteiger partial charge in [-0.2, -0.15) is 0 Å². The lowest BCUT2D eigenvalue weighted by atomic mass is 9.99. The van der Waals surface area contributed by atoms with Crippen LogP contribution in [-0.4, -0.2) is 35.9 Å². The van der Waals surface area contributed by atoms with E-state index >= 15 is 0 Å². The number of hydrogen-bond acceptors (Lipinski definition) is 3. The third-order valence-corrected chi connectivity index (χ3v) is 6.04. The Morgan fingerprint density at radius 1 is 0.914 bits per heavy atom. The van der Waals surface area contributed by atoms with Crippen LogP contribution in [0.1, 0.15) is 41.7 Å². The van der Waals surface area contributed by atoms with Crippen molar-refractivity contribution in [2.24, 2.45) is 0 Å². The molecule has 3 aromatic carbocycles. The molecular formula is C30H36N2O3. The number of methoxy groups -OCH3 is 1. The van der Waals surface area contributed by atoms with E-state index in [-0.39, 0.29) is 24.3 Å². The first-order chi connectivity index (χ1) is 16.8. The molecule has 0 aromatic heterocycles. The molecule has 0 aliphatic heterocycles. The lowest BCUT2D eigenvalue weighted by Crippen LogP contribution is -2.52. The number of carbonyl (C=O) groups is 2. The molecule has 0 aliphatic carbocycles. The third kappa shape index (κ3) is 7.44. The Morgan fingerprint density at radius 2 is 1.63 bits per heavy atom. The molecular weight excluding hydrogens is 436 g/mol. The van der Waals surface area contributed by atoms with Crippen LogP contribution in [0.2, 0.25) is 0 Å². The fraction of sp³-hybridized carbons (Fsp3) is 0.333. The molecule has 0 unspecified atom stereocenters. The number of nitrogens with zero attached hydrogens (tertiary/aromatic N) is 1. The second kappa shape index (κ2) is 12.2. The van der Waals surface area contributed by atoms with Crippen molar-refractivity contribution < 1.29 is 14.3 Å². The zero-order chi connectivity index (χ0) is 25.4. The van der Waals surface area contributed by atoms with Crippen LogP contribution in [0.3, 0.4) is 0 Å². The summed E-state index contributed by atoms with van der Waals surface area (Å²) in [6.45, 7) is 8.21. The molecule has 0 radical (unpaired) electrons. The number of hydrogen-bond donors (Lipinski definition) is 1. The summed E-state index contributed by atoms with van der Waals surface area (Å²) < 4.78 is 5.39. The summed E-state index contributed by atoms with van der Waals surface area (Å²) in [6, 6.07) is 23.0. The molecule has 0 spiro atoms. The second-order valence-corrected chi connectivity index (χ2v) is 9.35. The van der Waals surface area contributed by atoms with E-state index in [0.717, 1.165) is 33.6 Å². The highest BCUT2D eigenvalue weighted by Gasteiger charge is 2.31. The topological polar surface area (TPSA) is 58.6 Å². The minimum absolute atomic E-state index is 0.0337. The van der Waals surface area contributed by atoms with Gasteiger partial charge in [0, 0.05) is 19.0 Å². The quantitative estimate of drug-likeness (QED) is 0.451. The standard InChI is InChI=1S/C30H36N2O3/c1-21(2)31-30(34)28(18-24-10-7-6-8-11-24)32(20-25-12-9-13-27(17-25)35-5)29(33)19-26-16-22(3)14-15-23(26)4/h6-17,21,28H,18-20H2,1-5H3,(H,31,34)/t28-/m1/s1. The summed E-state index contributed by atoms with van der Waals surface area (Å²) in [5.74, 6) is 0.484. The van der Waals surface area contributed by atoms with Crippen LogP contribution in [0.5, 0.6) is 5.75 Å². The number of carbonyl (C=O) groups excluding carboxylic acids is 2. The first-order valence-corrected chi connectivity index (χ1v) is 12.1. The van der Waals surface area contributed by atoms with E-state index in [9.17, 15) is 9.59 Å². The molecule has 0 fully saturated rings. The van der Waals surface area contributed by atoms with E-state index in [1.165, 1.54) is 0 Å². The number of nitrogens with one attached hydrogen (secondary N) is 1. The molecule has 3 rings (SSSR count). The molecule has 0 saturated carbocycles. The largest absolute Gasteiger partial charge is 0.497 e. The van der Waals surface area contributed by atoms with Crippen LogP contribution in [-0.2, 0) is 29.0 Å². The van der Waals surface area contributed by atoms with Gasteiger partial charge < -0.3 is 15.0 Å². The molecule has 5 nitrogen and oxygen atoms in total. The average molecular weight is 473 g/mol. The smallest absolute Gasteiger partial charge is 0.243 e. The van der Waals surface area contributed by atoms with Gasteiger partial charge in [-0.25, -0.2) is 0 Å². The van der Waals surface area contributed by atoms with Gasteiger partial charge in [0.2, 0.25) is 11.8 Å². The van der Waals surface area contributed by atoms with E-state index in [4.69, 9.17) is 4.74 Å². The maximum atomic E-state index is 13.9. The van der Waals surface area contributed by atoms with Gasteiger partial charge in [0.05, 0.1) is 13.5 Å². The third-order valence-electron chi connectivity index (χ3n) is 6.04. The number of benzene rings is 3. The zero-order valence-corrected chi connectivity index (χ0v) is 21.4. The Morgan fingerprint density at radius 3 is 2.31 bits per heavy atom. The van der Waals surface area contributed by atoms with E-state index in [1.807, 2.05) is 94.4 Å². The molecule has 5 heteroatoms. The predicted molar refractivity (Wildman–Crippen MR) is 140 cm³/mol. The maximum absolute atomic E-state index is 13.9. The predicted octanol–water partition coefficient (Wildman–Crippen LogP) is 5.02. The summed E-state index contributed by atoms with van der Waals surface area (Å²) in [7, 11) is 1.62. The highest BCUT2D eigenvalue weighted by Crippen LogP contribution is 2.20. The van der Waals surface area contributed by atoms with Crippen molar-refractivity contribution in [3.05, 3.63) is 101 Å². The number of rotatable bonds is 10. The monoisotopic (exact) mass is 472 g/mol. The van der Waals surface area contributed by atoms with Crippen molar-refractivity contribution in [1.29, 1.82) is 0 Å². The van der Waals surface area contributed by atoms with Gasteiger partial charge in [0.1, 0.15) is 11.8 Å². The molecule has 35 heavy (non-hydrogen) atoms. The van der Waals surface area contributed by atoms with Gasteiger partial charge in [0.15, 0.2) is 0 Å². The highest BCUT2D eigenvalue weighted by molar-refractivity contribution is 5.89. The Kier molecular flexibility index (Phi) is 9.07. The van der Waals surface area contributed by atoms with Crippen molar-refractivity contribution in [2.45, 2.75) is 59.2 Å². The van der Waals surface area contributed by atoms with E-state index in [0.29, 0.717) is 13.0 Å². The van der Waals surface area contributed by atoms with Crippen molar-refractivity contribution in [3.8, 4) is 5.75 Å². The van der Waals surface area contributed by atoms with Crippen LogP contribution in [0.25, 0.3) is 0 Å². The first kappa shape index (κ1) is 26.0. The molecule has 0 saturated heterocycles. The van der Waals surface area contributed by atoms with Crippen molar-refractivity contribution in [2.75, 3.05) is 7.11 Å². The lowest BCUT2D eigenvalue weighted by Gasteiger charge is -2.32. The maximum Gasteiger partial charge on any atom is 0.243 e. The van der Waals surface area contributed by atoms with E-state index in [2.05, 4.69) is 11.4 Å². The Labute approximate surface area is 209 Å². The average Bonchev–Trinajstić information content (AvgIpc) is 2.83. The second-order valence-electron chi connectivity index (χ2n) is 9.35. The normalized spacial score (nSPS) is 11.7. The van der Waals surface area contributed by atoms with Gasteiger partial charge in [-0.15, -0.1) is 0 Å². The Balaban J connectivity index is 2.01. The molecule has 0 bridgehead atoms. The Bertz CT molecular complexity index is 1140. The van der Waals surface area contributed by atoms with Gasteiger partial charge in [-0.05, 0) is 62.1 Å². The summed E-state index contributed by atoms with van der Waals surface area (Å²) in [5, 5.41) is 3.03. The van der Waals surface area contributed by atoms with E-state index < -0.39 is 6.04 Å². The van der Waals surface area contributed by atoms with Gasteiger partial charge in [-0.1, -0.05) is 66.2 Å². The molecule has 3 aromatic rings. The first-order valence-electron chi connectivity index (χ1n) is 12.1. The van der Waals surface area contributed by atoms with Crippen molar-refractivity contribution in [3.63, 3.8) is 0 Å². The minimum atomic E-state index is -0.649. The fourth-order valence-electron chi connectivity index (χ4n) is 4.16. The number of amides is 2. The zero-order valence-electron chi connectivity index (χ0n) is 21.4. The van der Waals surface area contributed by atoms with Crippen molar-refractivity contribution >= 4 is 11.8 Å². The van der Waals surface area contributed by atoms with Crippen LogP contribution in [0.15, 0.2) is 72.8 Å². The van der Waals surface area contributed by atoms with Gasteiger partial charge in [0.25, 0.3) is 0 Å². The molecule has 0 aliphatic rings. The summed E-state index contributed by atoms with van der Waals surface area (Å²) in [6.07, 6.45) is 0.666. The molecule has 0 heterocycles. The Hall–Kier alpha value is -3.60.